The first-order valence-corrected chi connectivity index (χ1v) is 7.66. The summed E-state index contributed by atoms with van der Waals surface area (Å²) < 4.78 is 0. The fourth-order valence-corrected chi connectivity index (χ4v) is 2.30. The molecule has 1 rings (SSSR count). The van der Waals surface area contributed by atoms with E-state index in [1.807, 2.05) is 12.2 Å². The van der Waals surface area contributed by atoms with Gasteiger partial charge in [-0.25, -0.2) is 0 Å². The zero-order valence-electron chi connectivity index (χ0n) is 13.2. The Balaban J connectivity index is 2.85. The Hall–Kier alpha value is -1.97. The predicted octanol–water partition coefficient (Wildman–Crippen LogP) is 4.42. The van der Waals surface area contributed by atoms with Gasteiger partial charge in [-0.1, -0.05) is 58.4 Å². The fraction of sp³-hybridized carbons (Fsp3) is 0.471. The van der Waals surface area contributed by atoms with Crippen LogP contribution < -0.4 is 0 Å². The van der Waals surface area contributed by atoms with Gasteiger partial charge in [-0.05, 0) is 41.7 Å². The second-order valence-corrected chi connectivity index (χ2v) is 4.99. The first-order valence-electron chi connectivity index (χ1n) is 7.66. The Morgan fingerprint density at radius 1 is 1.19 bits per heavy atom. The summed E-state index contributed by atoms with van der Waals surface area (Å²) in [7, 11) is 0. The van der Waals surface area contributed by atoms with Crippen molar-refractivity contribution in [3.05, 3.63) is 49.4 Å². The van der Waals surface area contributed by atoms with Crippen LogP contribution >= 0.6 is 0 Å². The largest absolute Gasteiger partial charge is 0.162 e. The molecule has 0 aliphatic heterocycles. The second-order valence-electron chi connectivity index (χ2n) is 4.99. The van der Waals surface area contributed by atoms with Crippen molar-refractivity contribution in [3.63, 3.8) is 0 Å². The van der Waals surface area contributed by atoms with Crippen LogP contribution in [0.25, 0.3) is 5.70 Å². The Labute approximate surface area is 127 Å². The molecule has 21 heavy (non-hydrogen) atoms. The van der Waals surface area contributed by atoms with Gasteiger partial charge < -0.3 is 0 Å². The Kier molecular flexibility index (Phi) is 8.02. The van der Waals surface area contributed by atoms with Crippen LogP contribution in [0.5, 0.6) is 0 Å². The van der Waals surface area contributed by atoms with Crippen molar-refractivity contribution in [2.45, 2.75) is 46.0 Å². The van der Waals surface area contributed by atoms with Crippen molar-refractivity contribution in [1.82, 2.24) is 20.2 Å². The van der Waals surface area contributed by atoms with Crippen molar-refractivity contribution < 1.29 is 0 Å². The molecule has 1 heterocycles. The summed E-state index contributed by atoms with van der Waals surface area (Å²) in [4.78, 5) is 1.46. The van der Waals surface area contributed by atoms with Gasteiger partial charge in [0.1, 0.15) is 0 Å². The maximum Gasteiger partial charge on any atom is 0.162 e. The van der Waals surface area contributed by atoms with E-state index in [-0.39, 0.29) is 0 Å². The molecule has 0 fully saturated rings. The molecule has 0 aliphatic rings. The topological polar surface area (TPSA) is 43.6 Å². The zero-order chi connectivity index (χ0) is 15.5. The Bertz CT molecular complexity index is 483. The highest BCUT2D eigenvalue weighted by Gasteiger charge is 2.09. The maximum absolute atomic E-state index is 4.02. The minimum Gasteiger partial charge on any atom is -0.135 e. The van der Waals surface area contributed by atoms with Gasteiger partial charge in [-0.3, -0.25) is 0 Å². The van der Waals surface area contributed by atoms with Gasteiger partial charge in [0.15, 0.2) is 6.33 Å². The SMILES string of the molecule is C=C/C(=C\C=C(/C=C)n1ncnn1)C(CC)CCCCC. The molecule has 0 radical (unpaired) electrons. The van der Waals surface area contributed by atoms with Crippen LogP contribution in [-0.2, 0) is 0 Å². The lowest BCUT2D eigenvalue weighted by Crippen LogP contribution is -2.02. The van der Waals surface area contributed by atoms with Crippen molar-refractivity contribution >= 4 is 5.70 Å². The number of nitrogens with zero attached hydrogens (tertiary/aromatic N) is 4. The lowest BCUT2D eigenvalue weighted by Gasteiger charge is -2.15. The van der Waals surface area contributed by atoms with Gasteiger partial charge in [0.05, 0.1) is 5.70 Å². The van der Waals surface area contributed by atoms with E-state index in [1.165, 1.54) is 42.4 Å². The van der Waals surface area contributed by atoms with E-state index in [0.717, 1.165) is 12.1 Å². The average Bonchev–Trinajstić information content (AvgIpc) is 3.03. The minimum absolute atomic E-state index is 0.556. The molecule has 0 amide bonds. The molecule has 4 heteroatoms. The van der Waals surface area contributed by atoms with Crippen LogP contribution in [0, 0.1) is 5.92 Å². The lowest BCUT2D eigenvalue weighted by atomic mass is 9.90. The van der Waals surface area contributed by atoms with Gasteiger partial charge in [0, 0.05) is 0 Å². The molecule has 0 N–H and O–H groups in total. The van der Waals surface area contributed by atoms with Crippen molar-refractivity contribution in [2.24, 2.45) is 5.92 Å². The molecule has 0 aliphatic carbocycles. The third kappa shape index (κ3) is 5.50. The highest BCUT2D eigenvalue weighted by Crippen LogP contribution is 2.23. The van der Waals surface area contributed by atoms with E-state index in [0.29, 0.717) is 5.92 Å². The number of rotatable bonds is 10. The number of hydrogen-bond acceptors (Lipinski definition) is 3. The minimum atomic E-state index is 0.556. The summed E-state index contributed by atoms with van der Waals surface area (Å²) in [5, 5.41) is 11.6. The monoisotopic (exact) mass is 286 g/mol. The van der Waals surface area contributed by atoms with Crippen molar-refractivity contribution in [3.8, 4) is 0 Å². The smallest absolute Gasteiger partial charge is 0.135 e. The van der Waals surface area contributed by atoms with E-state index in [4.69, 9.17) is 0 Å². The number of allylic oxidation sites excluding steroid dienone is 6. The van der Waals surface area contributed by atoms with Crippen LogP contribution in [0.1, 0.15) is 46.0 Å². The fourth-order valence-electron chi connectivity index (χ4n) is 2.30. The summed E-state index contributed by atoms with van der Waals surface area (Å²) >= 11 is 0. The second kappa shape index (κ2) is 9.86. The highest BCUT2D eigenvalue weighted by atomic mass is 15.6. The molecule has 0 spiro atoms. The molecule has 0 saturated heterocycles. The molecule has 0 saturated carbocycles. The number of tetrazole rings is 1. The first-order chi connectivity index (χ1) is 10.3. The van der Waals surface area contributed by atoms with Crippen LogP contribution in [0.3, 0.4) is 0 Å². The third-order valence-corrected chi connectivity index (χ3v) is 3.59. The lowest BCUT2D eigenvalue weighted by molar-refractivity contribution is 0.512. The molecular weight excluding hydrogens is 260 g/mol. The number of hydrogen-bond donors (Lipinski definition) is 0. The van der Waals surface area contributed by atoms with Crippen LogP contribution in [0.2, 0.25) is 0 Å². The standard InChI is InChI=1S/C17H26N4/c1-5-9-10-11-15(6-2)16(7-3)12-13-17(8-4)21-19-14-18-20-21/h7-8,12-15H,3-6,9-11H2,1-2H3/b16-12+,17-13+. The highest BCUT2D eigenvalue weighted by molar-refractivity contribution is 5.56. The molecule has 0 aromatic carbocycles. The maximum atomic E-state index is 4.02. The summed E-state index contributed by atoms with van der Waals surface area (Å²) in [5.41, 5.74) is 2.06. The van der Waals surface area contributed by atoms with E-state index >= 15 is 0 Å². The Morgan fingerprint density at radius 2 is 2.00 bits per heavy atom. The van der Waals surface area contributed by atoms with Gasteiger partial charge in [-0.15, -0.1) is 15.0 Å². The average molecular weight is 286 g/mol. The van der Waals surface area contributed by atoms with Crippen molar-refractivity contribution in [2.75, 3.05) is 0 Å². The molecule has 114 valence electrons. The first kappa shape index (κ1) is 17.1. The normalized spacial score (nSPS) is 14.0. The van der Waals surface area contributed by atoms with Gasteiger partial charge in [0.2, 0.25) is 0 Å². The van der Waals surface area contributed by atoms with Gasteiger partial charge >= 0.3 is 0 Å². The molecule has 4 nitrogen and oxygen atoms in total. The molecule has 1 atom stereocenters. The van der Waals surface area contributed by atoms with E-state index < -0.39 is 0 Å². The van der Waals surface area contributed by atoms with Crippen molar-refractivity contribution in [1.29, 1.82) is 0 Å². The van der Waals surface area contributed by atoms with Crippen LogP contribution in [0.15, 0.2) is 49.4 Å². The molecule has 0 bridgehead atoms. The quantitative estimate of drug-likeness (QED) is 0.472. The number of aromatic nitrogens is 4. The summed E-state index contributed by atoms with van der Waals surface area (Å²) in [6.45, 7) is 12.2. The molecule has 1 aromatic heterocycles. The zero-order valence-corrected chi connectivity index (χ0v) is 13.2. The van der Waals surface area contributed by atoms with Crippen LogP contribution in [0.4, 0.5) is 0 Å². The van der Waals surface area contributed by atoms with Crippen LogP contribution in [-0.4, -0.2) is 20.2 Å². The summed E-state index contributed by atoms with van der Waals surface area (Å²) in [6.07, 6.45) is 15.3. The van der Waals surface area contributed by atoms with E-state index in [9.17, 15) is 0 Å². The number of unbranched alkanes of at least 4 members (excludes halogenated alkanes) is 2. The predicted molar refractivity (Wildman–Crippen MR) is 88.5 cm³/mol. The van der Waals surface area contributed by atoms with Gasteiger partial charge in [-0.2, -0.15) is 0 Å². The van der Waals surface area contributed by atoms with E-state index in [2.05, 4.69) is 48.5 Å². The molecule has 1 aromatic rings. The third-order valence-electron chi connectivity index (χ3n) is 3.59. The molecular formula is C17H26N4. The summed E-state index contributed by atoms with van der Waals surface area (Å²) in [5.74, 6) is 0.556. The Morgan fingerprint density at radius 3 is 2.52 bits per heavy atom. The van der Waals surface area contributed by atoms with E-state index in [1.54, 1.807) is 6.08 Å². The van der Waals surface area contributed by atoms with Gasteiger partial charge in [0.25, 0.3) is 0 Å². The summed E-state index contributed by atoms with van der Waals surface area (Å²) in [6, 6.07) is 0. The molecule has 1 unspecified atom stereocenters.